The van der Waals surface area contributed by atoms with Gasteiger partial charge in [-0.05, 0) is 43.5 Å². The van der Waals surface area contributed by atoms with Crippen LogP contribution in [0.4, 0.5) is 5.69 Å². The quantitative estimate of drug-likeness (QED) is 0.401. The van der Waals surface area contributed by atoms with Gasteiger partial charge in [-0.2, -0.15) is 0 Å². The standard InChI is InChI=1S/C27H32N4O2S/c1-19-9-5-7-11-22(19)17-23-21(3)28-27(29(4)26(23)33)34-18-25(32)31-15-13-30(14-16-31)24-12-8-6-10-20(24)2/h5-12H,13-18H2,1-4H3. The van der Waals surface area contributed by atoms with E-state index in [0.29, 0.717) is 30.2 Å². The molecule has 2 heterocycles. The fraction of sp³-hybridized carbons (Fsp3) is 0.370. The number of aromatic nitrogens is 2. The predicted octanol–water partition coefficient (Wildman–Crippen LogP) is 3.74. The Bertz CT molecular complexity index is 1250. The monoisotopic (exact) mass is 476 g/mol. The Kier molecular flexibility index (Phi) is 7.41. The smallest absolute Gasteiger partial charge is 0.257 e. The van der Waals surface area contributed by atoms with Crippen LogP contribution in [-0.2, 0) is 18.3 Å². The van der Waals surface area contributed by atoms with E-state index in [4.69, 9.17) is 0 Å². The Morgan fingerprint density at radius 3 is 2.26 bits per heavy atom. The highest BCUT2D eigenvalue weighted by molar-refractivity contribution is 7.99. The molecule has 7 heteroatoms. The van der Waals surface area contributed by atoms with E-state index >= 15 is 0 Å². The average Bonchev–Trinajstić information content (AvgIpc) is 2.84. The zero-order chi connectivity index (χ0) is 24.2. The van der Waals surface area contributed by atoms with E-state index in [0.717, 1.165) is 29.9 Å². The normalized spacial score (nSPS) is 13.9. The van der Waals surface area contributed by atoms with Gasteiger partial charge in [-0.3, -0.25) is 14.2 Å². The Balaban J connectivity index is 1.38. The number of nitrogens with zero attached hydrogens (tertiary/aromatic N) is 4. The molecule has 0 atom stereocenters. The zero-order valence-electron chi connectivity index (χ0n) is 20.4. The maximum atomic E-state index is 13.1. The molecule has 1 aliphatic rings. The highest BCUT2D eigenvalue weighted by Crippen LogP contribution is 2.22. The van der Waals surface area contributed by atoms with Gasteiger partial charge >= 0.3 is 0 Å². The maximum absolute atomic E-state index is 13.1. The lowest BCUT2D eigenvalue weighted by Gasteiger charge is -2.36. The van der Waals surface area contributed by atoms with Crippen LogP contribution < -0.4 is 10.5 Å². The summed E-state index contributed by atoms with van der Waals surface area (Å²) in [5.41, 5.74) is 6.18. The number of rotatable bonds is 6. The third kappa shape index (κ3) is 5.20. The Labute approximate surface area is 205 Å². The lowest BCUT2D eigenvalue weighted by Crippen LogP contribution is -2.49. The average molecular weight is 477 g/mol. The summed E-state index contributed by atoms with van der Waals surface area (Å²) in [6.45, 7) is 9.11. The second-order valence-electron chi connectivity index (χ2n) is 8.87. The second kappa shape index (κ2) is 10.5. The Morgan fingerprint density at radius 1 is 0.941 bits per heavy atom. The first-order chi connectivity index (χ1) is 16.3. The van der Waals surface area contributed by atoms with E-state index in [1.165, 1.54) is 23.0 Å². The minimum atomic E-state index is -0.0439. The van der Waals surface area contributed by atoms with Crippen LogP contribution in [0.15, 0.2) is 58.5 Å². The van der Waals surface area contributed by atoms with E-state index in [1.54, 1.807) is 11.6 Å². The number of thioether (sulfide) groups is 1. The van der Waals surface area contributed by atoms with E-state index in [2.05, 4.69) is 48.0 Å². The summed E-state index contributed by atoms with van der Waals surface area (Å²) in [6, 6.07) is 16.5. The van der Waals surface area contributed by atoms with Crippen LogP contribution in [0.2, 0.25) is 0 Å². The predicted molar refractivity (Wildman–Crippen MR) is 139 cm³/mol. The van der Waals surface area contributed by atoms with Gasteiger partial charge in [0.05, 0.1) is 5.75 Å². The molecule has 1 amide bonds. The molecule has 1 aliphatic heterocycles. The van der Waals surface area contributed by atoms with Gasteiger partial charge in [-0.15, -0.1) is 0 Å². The van der Waals surface area contributed by atoms with Crippen LogP contribution in [0, 0.1) is 20.8 Å². The lowest BCUT2D eigenvalue weighted by atomic mass is 10.0. The number of carbonyl (C=O) groups excluding carboxylic acids is 1. The number of para-hydroxylation sites is 1. The molecular weight excluding hydrogens is 444 g/mol. The topological polar surface area (TPSA) is 58.4 Å². The summed E-state index contributed by atoms with van der Waals surface area (Å²) < 4.78 is 1.58. The van der Waals surface area contributed by atoms with Crippen molar-refractivity contribution >= 4 is 23.4 Å². The number of hydrogen-bond donors (Lipinski definition) is 0. The third-order valence-corrected chi connectivity index (χ3v) is 7.61. The van der Waals surface area contributed by atoms with Gasteiger partial charge in [-0.1, -0.05) is 54.2 Å². The molecule has 3 aromatic rings. The Morgan fingerprint density at radius 2 is 1.59 bits per heavy atom. The number of aryl methyl sites for hydroxylation is 3. The van der Waals surface area contributed by atoms with Crippen molar-refractivity contribution in [2.45, 2.75) is 32.3 Å². The van der Waals surface area contributed by atoms with E-state index in [9.17, 15) is 9.59 Å². The first-order valence-electron chi connectivity index (χ1n) is 11.7. The molecule has 1 aromatic heterocycles. The van der Waals surface area contributed by atoms with Crippen molar-refractivity contribution in [3.63, 3.8) is 0 Å². The molecule has 4 rings (SSSR count). The van der Waals surface area contributed by atoms with Crippen molar-refractivity contribution in [3.05, 3.63) is 86.8 Å². The van der Waals surface area contributed by atoms with Crippen LogP contribution in [0.5, 0.6) is 0 Å². The highest BCUT2D eigenvalue weighted by atomic mass is 32.2. The van der Waals surface area contributed by atoms with Gasteiger partial charge in [0.1, 0.15) is 0 Å². The zero-order valence-corrected chi connectivity index (χ0v) is 21.2. The van der Waals surface area contributed by atoms with Crippen LogP contribution in [-0.4, -0.2) is 52.3 Å². The number of amides is 1. The van der Waals surface area contributed by atoms with Crippen LogP contribution in [0.3, 0.4) is 0 Å². The van der Waals surface area contributed by atoms with Crippen molar-refractivity contribution in [2.75, 3.05) is 36.8 Å². The lowest BCUT2D eigenvalue weighted by molar-refractivity contribution is -0.128. The maximum Gasteiger partial charge on any atom is 0.257 e. The molecule has 0 N–H and O–H groups in total. The first kappa shape index (κ1) is 24.1. The molecule has 0 aliphatic carbocycles. The van der Waals surface area contributed by atoms with Crippen molar-refractivity contribution < 1.29 is 4.79 Å². The van der Waals surface area contributed by atoms with Gasteiger partial charge in [-0.25, -0.2) is 4.98 Å². The Hall–Kier alpha value is -3.06. The summed E-state index contributed by atoms with van der Waals surface area (Å²) >= 11 is 1.34. The number of carbonyl (C=O) groups is 1. The first-order valence-corrected chi connectivity index (χ1v) is 12.7. The van der Waals surface area contributed by atoms with Gasteiger partial charge < -0.3 is 9.80 Å². The van der Waals surface area contributed by atoms with Gasteiger partial charge in [0.2, 0.25) is 5.91 Å². The van der Waals surface area contributed by atoms with Gasteiger partial charge in [0.25, 0.3) is 5.56 Å². The molecule has 2 aromatic carbocycles. The molecular formula is C27H32N4O2S. The third-order valence-electron chi connectivity index (χ3n) is 6.59. The SMILES string of the molecule is Cc1ccccc1Cc1c(C)nc(SCC(=O)N2CCN(c3ccccc3C)CC2)n(C)c1=O. The molecule has 0 bridgehead atoms. The van der Waals surface area contributed by atoms with Crippen molar-refractivity contribution in [1.29, 1.82) is 0 Å². The summed E-state index contributed by atoms with van der Waals surface area (Å²) in [7, 11) is 1.74. The van der Waals surface area contributed by atoms with Crippen molar-refractivity contribution in [2.24, 2.45) is 7.05 Å². The summed E-state index contributed by atoms with van der Waals surface area (Å²) in [5.74, 6) is 0.367. The number of benzene rings is 2. The van der Waals surface area contributed by atoms with Gasteiger partial charge in [0.15, 0.2) is 5.16 Å². The molecule has 6 nitrogen and oxygen atoms in total. The molecule has 0 spiro atoms. The fourth-order valence-corrected chi connectivity index (χ4v) is 5.31. The molecule has 0 unspecified atom stereocenters. The van der Waals surface area contributed by atoms with Gasteiger partial charge in [0, 0.05) is 56.6 Å². The number of hydrogen-bond acceptors (Lipinski definition) is 5. The van der Waals surface area contributed by atoms with Crippen LogP contribution in [0.1, 0.15) is 27.9 Å². The molecule has 178 valence electrons. The number of piperazine rings is 1. The summed E-state index contributed by atoms with van der Waals surface area (Å²) in [6.07, 6.45) is 0.563. The summed E-state index contributed by atoms with van der Waals surface area (Å²) in [4.78, 5) is 34.9. The molecule has 1 fully saturated rings. The largest absolute Gasteiger partial charge is 0.368 e. The van der Waals surface area contributed by atoms with Crippen molar-refractivity contribution in [1.82, 2.24) is 14.5 Å². The molecule has 0 radical (unpaired) electrons. The highest BCUT2D eigenvalue weighted by Gasteiger charge is 2.23. The van der Waals surface area contributed by atoms with E-state index < -0.39 is 0 Å². The van der Waals surface area contributed by atoms with Crippen LogP contribution in [0.25, 0.3) is 0 Å². The molecule has 34 heavy (non-hydrogen) atoms. The fourth-order valence-electron chi connectivity index (χ4n) is 4.39. The molecule has 0 saturated carbocycles. The van der Waals surface area contributed by atoms with Crippen LogP contribution >= 0.6 is 11.8 Å². The van der Waals surface area contributed by atoms with Crippen molar-refractivity contribution in [3.8, 4) is 0 Å². The molecule has 1 saturated heterocycles. The van der Waals surface area contributed by atoms with E-state index in [-0.39, 0.29) is 17.2 Å². The minimum absolute atomic E-state index is 0.0439. The number of anilines is 1. The summed E-state index contributed by atoms with van der Waals surface area (Å²) in [5, 5.41) is 0.586. The van der Waals surface area contributed by atoms with E-state index in [1.807, 2.05) is 36.1 Å². The second-order valence-corrected chi connectivity index (χ2v) is 9.81. The minimum Gasteiger partial charge on any atom is -0.368 e.